The summed E-state index contributed by atoms with van der Waals surface area (Å²) in [5, 5.41) is 0. The van der Waals surface area contributed by atoms with Crippen molar-refractivity contribution in [2.75, 3.05) is 6.54 Å². The molecule has 3 nitrogen and oxygen atoms in total. The summed E-state index contributed by atoms with van der Waals surface area (Å²) in [4.78, 5) is 14.9. The van der Waals surface area contributed by atoms with E-state index in [1.807, 2.05) is 43.3 Å². The van der Waals surface area contributed by atoms with E-state index >= 15 is 0 Å². The van der Waals surface area contributed by atoms with Gasteiger partial charge in [-0.2, -0.15) is 0 Å². The first-order valence-corrected chi connectivity index (χ1v) is 6.72. The standard InChI is InChI=1S/C15H17NO2S/c1-2-16(11-13-4-3-9-18-13)15(17)10-12-5-7-14(19)8-6-12/h3-9,19H,2,10-11H2,1H3. The van der Waals surface area contributed by atoms with Crippen molar-refractivity contribution in [3.05, 3.63) is 54.0 Å². The molecule has 0 bridgehead atoms. The topological polar surface area (TPSA) is 33.5 Å². The zero-order valence-corrected chi connectivity index (χ0v) is 11.8. The van der Waals surface area contributed by atoms with Gasteiger partial charge in [-0.25, -0.2) is 0 Å². The highest BCUT2D eigenvalue weighted by Crippen LogP contribution is 2.11. The van der Waals surface area contributed by atoms with E-state index in [0.29, 0.717) is 19.5 Å². The molecule has 0 atom stereocenters. The maximum absolute atomic E-state index is 12.2. The van der Waals surface area contributed by atoms with Crippen molar-refractivity contribution >= 4 is 18.5 Å². The Kier molecular flexibility index (Phi) is 4.68. The molecule has 2 aromatic rings. The zero-order chi connectivity index (χ0) is 13.7. The van der Waals surface area contributed by atoms with Crippen LogP contribution in [-0.4, -0.2) is 17.4 Å². The van der Waals surface area contributed by atoms with Crippen molar-refractivity contribution in [1.82, 2.24) is 4.90 Å². The Morgan fingerprint density at radius 2 is 2.00 bits per heavy atom. The van der Waals surface area contributed by atoms with Gasteiger partial charge < -0.3 is 9.32 Å². The van der Waals surface area contributed by atoms with E-state index in [1.54, 1.807) is 11.2 Å². The number of benzene rings is 1. The molecule has 19 heavy (non-hydrogen) atoms. The third-order valence-corrected chi connectivity index (χ3v) is 3.25. The number of rotatable bonds is 5. The van der Waals surface area contributed by atoms with Crippen LogP contribution in [0.1, 0.15) is 18.2 Å². The number of hydrogen-bond donors (Lipinski definition) is 1. The molecule has 2 rings (SSSR count). The highest BCUT2D eigenvalue weighted by atomic mass is 32.1. The maximum Gasteiger partial charge on any atom is 0.227 e. The molecule has 0 spiro atoms. The second-order valence-corrected chi connectivity index (χ2v) is 4.85. The molecule has 0 saturated carbocycles. The Morgan fingerprint density at radius 3 is 2.58 bits per heavy atom. The second-order valence-electron chi connectivity index (χ2n) is 4.33. The van der Waals surface area contributed by atoms with E-state index in [1.165, 1.54) is 0 Å². The fourth-order valence-corrected chi connectivity index (χ4v) is 2.02. The number of carbonyl (C=O) groups is 1. The Balaban J connectivity index is 1.98. The predicted molar refractivity (Wildman–Crippen MR) is 77.2 cm³/mol. The van der Waals surface area contributed by atoms with Gasteiger partial charge in [0.2, 0.25) is 5.91 Å². The SMILES string of the molecule is CCN(Cc1ccco1)C(=O)Cc1ccc(S)cc1. The zero-order valence-electron chi connectivity index (χ0n) is 10.9. The molecule has 0 radical (unpaired) electrons. The van der Waals surface area contributed by atoms with Crippen molar-refractivity contribution in [2.24, 2.45) is 0 Å². The minimum Gasteiger partial charge on any atom is -0.467 e. The van der Waals surface area contributed by atoms with E-state index in [-0.39, 0.29) is 5.91 Å². The highest BCUT2D eigenvalue weighted by Gasteiger charge is 2.13. The van der Waals surface area contributed by atoms with Crippen LogP contribution in [0.5, 0.6) is 0 Å². The molecule has 0 aliphatic carbocycles. The largest absolute Gasteiger partial charge is 0.467 e. The van der Waals surface area contributed by atoms with Gasteiger partial charge in [0, 0.05) is 11.4 Å². The smallest absolute Gasteiger partial charge is 0.227 e. The van der Waals surface area contributed by atoms with E-state index in [0.717, 1.165) is 16.2 Å². The fourth-order valence-electron chi connectivity index (χ4n) is 1.87. The van der Waals surface area contributed by atoms with E-state index in [9.17, 15) is 4.79 Å². The van der Waals surface area contributed by atoms with Gasteiger partial charge in [-0.1, -0.05) is 12.1 Å². The summed E-state index contributed by atoms with van der Waals surface area (Å²) in [5.74, 6) is 0.909. The lowest BCUT2D eigenvalue weighted by Crippen LogP contribution is -2.31. The summed E-state index contributed by atoms with van der Waals surface area (Å²) in [5.41, 5.74) is 1.00. The quantitative estimate of drug-likeness (QED) is 0.850. The maximum atomic E-state index is 12.2. The molecule has 0 aliphatic heterocycles. The Labute approximate surface area is 118 Å². The number of carbonyl (C=O) groups excluding carboxylic acids is 1. The lowest BCUT2D eigenvalue weighted by Gasteiger charge is -2.19. The number of hydrogen-bond acceptors (Lipinski definition) is 3. The average Bonchev–Trinajstić information content (AvgIpc) is 2.91. The van der Waals surface area contributed by atoms with Gasteiger partial charge in [0.05, 0.1) is 19.2 Å². The van der Waals surface area contributed by atoms with Crippen molar-refractivity contribution in [2.45, 2.75) is 24.8 Å². The van der Waals surface area contributed by atoms with Crippen LogP contribution in [0.3, 0.4) is 0 Å². The van der Waals surface area contributed by atoms with Crippen LogP contribution < -0.4 is 0 Å². The number of thiol groups is 1. The molecule has 1 heterocycles. The Bertz CT molecular complexity index is 520. The number of likely N-dealkylation sites (N-methyl/N-ethyl adjacent to an activating group) is 1. The molecular weight excluding hydrogens is 258 g/mol. The molecule has 0 N–H and O–H groups in total. The molecule has 0 unspecified atom stereocenters. The first-order valence-electron chi connectivity index (χ1n) is 6.27. The van der Waals surface area contributed by atoms with Crippen LogP contribution in [0, 0.1) is 0 Å². The summed E-state index contributed by atoms with van der Waals surface area (Å²) >= 11 is 4.23. The first-order chi connectivity index (χ1) is 9.19. The molecule has 0 aliphatic rings. The van der Waals surface area contributed by atoms with Gasteiger partial charge in [0.25, 0.3) is 0 Å². The molecule has 4 heteroatoms. The number of amides is 1. The van der Waals surface area contributed by atoms with Gasteiger partial charge in [-0.15, -0.1) is 12.6 Å². The molecule has 1 amide bonds. The van der Waals surface area contributed by atoms with Gasteiger partial charge in [-0.3, -0.25) is 4.79 Å². The molecule has 100 valence electrons. The van der Waals surface area contributed by atoms with Crippen LogP contribution in [0.15, 0.2) is 52.0 Å². The third kappa shape index (κ3) is 3.89. The molecular formula is C15H17NO2S. The normalized spacial score (nSPS) is 10.4. The van der Waals surface area contributed by atoms with Gasteiger partial charge in [0.15, 0.2) is 0 Å². The van der Waals surface area contributed by atoms with E-state index < -0.39 is 0 Å². The third-order valence-electron chi connectivity index (χ3n) is 2.95. The first kappa shape index (κ1) is 13.7. The van der Waals surface area contributed by atoms with Gasteiger partial charge in [0.1, 0.15) is 5.76 Å². The number of furan rings is 1. The molecule has 0 fully saturated rings. The van der Waals surface area contributed by atoms with Crippen LogP contribution >= 0.6 is 12.6 Å². The summed E-state index contributed by atoms with van der Waals surface area (Å²) in [6, 6.07) is 11.4. The minimum absolute atomic E-state index is 0.103. The van der Waals surface area contributed by atoms with Crippen molar-refractivity contribution in [3.63, 3.8) is 0 Å². The summed E-state index contributed by atoms with van der Waals surface area (Å²) in [6.45, 7) is 3.16. The van der Waals surface area contributed by atoms with Crippen LogP contribution in [-0.2, 0) is 17.8 Å². The van der Waals surface area contributed by atoms with Crippen LogP contribution in [0.2, 0.25) is 0 Å². The van der Waals surface area contributed by atoms with Crippen LogP contribution in [0.4, 0.5) is 0 Å². The average molecular weight is 275 g/mol. The van der Waals surface area contributed by atoms with Crippen molar-refractivity contribution < 1.29 is 9.21 Å². The summed E-state index contributed by atoms with van der Waals surface area (Å²) < 4.78 is 5.28. The Hall–Kier alpha value is -1.68. The van der Waals surface area contributed by atoms with Crippen molar-refractivity contribution in [3.8, 4) is 0 Å². The van der Waals surface area contributed by atoms with Crippen LogP contribution in [0.25, 0.3) is 0 Å². The van der Waals surface area contributed by atoms with Crippen molar-refractivity contribution in [1.29, 1.82) is 0 Å². The lowest BCUT2D eigenvalue weighted by molar-refractivity contribution is -0.131. The van der Waals surface area contributed by atoms with E-state index in [2.05, 4.69) is 12.6 Å². The summed E-state index contributed by atoms with van der Waals surface area (Å²) in [6.07, 6.45) is 2.03. The van der Waals surface area contributed by atoms with Gasteiger partial charge in [-0.05, 0) is 36.8 Å². The van der Waals surface area contributed by atoms with E-state index in [4.69, 9.17) is 4.42 Å². The molecule has 0 saturated heterocycles. The molecule has 1 aromatic carbocycles. The lowest BCUT2D eigenvalue weighted by atomic mass is 10.1. The predicted octanol–water partition coefficient (Wildman–Crippen LogP) is 3.16. The monoisotopic (exact) mass is 275 g/mol. The Morgan fingerprint density at radius 1 is 1.26 bits per heavy atom. The highest BCUT2D eigenvalue weighted by molar-refractivity contribution is 7.80. The number of nitrogens with zero attached hydrogens (tertiary/aromatic N) is 1. The van der Waals surface area contributed by atoms with Gasteiger partial charge >= 0.3 is 0 Å². The molecule has 1 aromatic heterocycles. The second kappa shape index (κ2) is 6.48. The fraction of sp³-hybridized carbons (Fsp3) is 0.267. The summed E-state index contributed by atoms with van der Waals surface area (Å²) in [7, 11) is 0. The minimum atomic E-state index is 0.103.